The van der Waals surface area contributed by atoms with Crippen LogP contribution in [0.15, 0.2) is 0 Å². The average Bonchev–Trinajstić information content (AvgIpc) is 2.12. The summed E-state index contributed by atoms with van der Waals surface area (Å²) in [4.78, 5) is 0. The van der Waals surface area contributed by atoms with E-state index in [2.05, 4.69) is 46.2 Å². The quantitative estimate of drug-likeness (QED) is 0.342. The van der Waals surface area contributed by atoms with Gasteiger partial charge in [-0.1, -0.05) is 31.9 Å². The minimum atomic E-state index is -1.49. The molecule has 0 heterocycles. The van der Waals surface area contributed by atoms with Gasteiger partial charge in [0.15, 0.2) is 16.6 Å². The number of hydrogen-bond donors (Lipinski definition) is 0. The molecular formula is C13H34O2Si3. The summed E-state index contributed by atoms with van der Waals surface area (Å²) < 4.78 is 12.4. The number of hydrogen-bond acceptors (Lipinski definition) is 2. The normalized spacial score (nSPS) is 14.0. The van der Waals surface area contributed by atoms with Crippen molar-refractivity contribution in [3.05, 3.63) is 0 Å². The highest BCUT2D eigenvalue weighted by Crippen LogP contribution is 2.18. The van der Waals surface area contributed by atoms with Gasteiger partial charge in [-0.3, -0.25) is 0 Å². The second-order valence-electron chi connectivity index (χ2n) is 7.09. The summed E-state index contributed by atoms with van der Waals surface area (Å²) in [7, 11) is -2.78. The van der Waals surface area contributed by atoms with Crippen LogP contribution in [0.2, 0.25) is 51.4 Å². The average molecular weight is 307 g/mol. The molecule has 0 atom stereocenters. The standard InChI is InChI=1S/C13H34O2Si3/c1-8-11-16-12-9-10-13(14-17(2,3)4)15-18(5,6)7/h13H,8-12,16H2,1-7H3. The van der Waals surface area contributed by atoms with Gasteiger partial charge in [-0.05, 0) is 45.7 Å². The van der Waals surface area contributed by atoms with E-state index in [-0.39, 0.29) is 15.8 Å². The van der Waals surface area contributed by atoms with E-state index < -0.39 is 16.6 Å². The molecule has 18 heavy (non-hydrogen) atoms. The molecule has 110 valence electrons. The van der Waals surface area contributed by atoms with Crippen LogP contribution in [0.4, 0.5) is 0 Å². The lowest BCUT2D eigenvalue weighted by Gasteiger charge is -2.31. The highest BCUT2D eigenvalue weighted by Gasteiger charge is 2.26. The molecule has 2 nitrogen and oxygen atoms in total. The van der Waals surface area contributed by atoms with Gasteiger partial charge in [0.05, 0.1) is 0 Å². The molecule has 0 saturated heterocycles. The van der Waals surface area contributed by atoms with Crippen LogP contribution in [0.3, 0.4) is 0 Å². The van der Waals surface area contributed by atoms with Gasteiger partial charge < -0.3 is 8.85 Å². The lowest BCUT2D eigenvalue weighted by atomic mass is 10.3. The highest BCUT2D eigenvalue weighted by molar-refractivity contribution is 6.70. The highest BCUT2D eigenvalue weighted by atomic mass is 28.4. The van der Waals surface area contributed by atoms with Gasteiger partial charge >= 0.3 is 0 Å². The SMILES string of the molecule is CCC[SiH2]CCCC(O[Si](C)(C)C)O[Si](C)(C)C. The summed E-state index contributed by atoms with van der Waals surface area (Å²) in [6.45, 7) is 15.8. The van der Waals surface area contributed by atoms with Gasteiger partial charge in [0, 0.05) is 9.52 Å². The van der Waals surface area contributed by atoms with E-state index in [0.29, 0.717) is 0 Å². The van der Waals surface area contributed by atoms with Crippen LogP contribution in [-0.4, -0.2) is 32.4 Å². The third-order valence-corrected chi connectivity index (χ3v) is 6.66. The van der Waals surface area contributed by atoms with Crippen molar-refractivity contribution >= 4 is 26.2 Å². The van der Waals surface area contributed by atoms with Gasteiger partial charge in [0.1, 0.15) is 6.29 Å². The molecule has 0 unspecified atom stereocenters. The van der Waals surface area contributed by atoms with Crippen molar-refractivity contribution < 1.29 is 8.85 Å². The van der Waals surface area contributed by atoms with Crippen molar-refractivity contribution in [3.8, 4) is 0 Å². The van der Waals surface area contributed by atoms with Crippen LogP contribution >= 0.6 is 0 Å². The molecule has 0 aromatic carbocycles. The Kier molecular flexibility index (Phi) is 8.96. The molecule has 0 rings (SSSR count). The van der Waals surface area contributed by atoms with Crippen LogP contribution in [0.25, 0.3) is 0 Å². The smallest absolute Gasteiger partial charge is 0.187 e. The first-order valence-corrected chi connectivity index (χ1v) is 16.3. The first-order valence-electron chi connectivity index (χ1n) is 7.50. The Bertz CT molecular complexity index is 193. The van der Waals surface area contributed by atoms with Gasteiger partial charge in [-0.2, -0.15) is 0 Å². The van der Waals surface area contributed by atoms with Crippen molar-refractivity contribution in [1.82, 2.24) is 0 Å². The molecule has 0 aromatic heterocycles. The van der Waals surface area contributed by atoms with Gasteiger partial charge in [0.2, 0.25) is 0 Å². The van der Waals surface area contributed by atoms with E-state index in [0.717, 1.165) is 6.42 Å². The Balaban J connectivity index is 4.06. The van der Waals surface area contributed by atoms with Crippen LogP contribution in [0.5, 0.6) is 0 Å². The van der Waals surface area contributed by atoms with Crippen LogP contribution in [0, 0.1) is 0 Å². The topological polar surface area (TPSA) is 18.5 Å². The zero-order valence-electron chi connectivity index (χ0n) is 13.6. The van der Waals surface area contributed by atoms with E-state index in [1.807, 2.05) is 0 Å². The molecule has 0 spiro atoms. The molecule has 0 aliphatic rings. The van der Waals surface area contributed by atoms with Gasteiger partial charge in [0.25, 0.3) is 0 Å². The zero-order chi connectivity index (χ0) is 14.2. The van der Waals surface area contributed by atoms with Crippen molar-refractivity contribution in [2.24, 2.45) is 0 Å². The largest absolute Gasteiger partial charge is 0.394 e. The monoisotopic (exact) mass is 306 g/mol. The summed E-state index contributed by atoms with van der Waals surface area (Å²) in [6, 6.07) is 2.95. The van der Waals surface area contributed by atoms with Crippen molar-refractivity contribution in [3.63, 3.8) is 0 Å². The molecule has 5 heteroatoms. The third kappa shape index (κ3) is 13.0. The van der Waals surface area contributed by atoms with Crippen molar-refractivity contribution in [2.75, 3.05) is 0 Å². The fourth-order valence-electron chi connectivity index (χ4n) is 1.85. The Morgan fingerprint density at radius 3 is 1.78 bits per heavy atom. The Hall–Kier alpha value is 0.571. The summed E-state index contributed by atoms with van der Waals surface area (Å²) in [6.07, 6.45) is 3.84. The van der Waals surface area contributed by atoms with E-state index in [1.54, 1.807) is 0 Å². The molecule has 0 saturated carbocycles. The predicted octanol–water partition coefficient (Wildman–Crippen LogP) is 4.21. The maximum atomic E-state index is 6.19. The minimum Gasteiger partial charge on any atom is -0.394 e. The predicted molar refractivity (Wildman–Crippen MR) is 90.3 cm³/mol. The third-order valence-electron chi connectivity index (χ3n) is 2.51. The molecule has 0 radical (unpaired) electrons. The molecule has 0 fully saturated rings. The molecule has 0 aliphatic heterocycles. The van der Waals surface area contributed by atoms with Crippen LogP contribution in [0.1, 0.15) is 26.2 Å². The van der Waals surface area contributed by atoms with Gasteiger partial charge in [-0.25, -0.2) is 0 Å². The summed E-state index contributed by atoms with van der Waals surface area (Å²) >= 11 is 0. The number of rotatable bonds is 10. The lowest BCUT2D eigenvalue weighted by Crippen LogP contribution is -2.39. The fraction of sp³-hybridized carbons (Fsp3) is 1.00. The van der Waals surface area contributed by atoms with Crippen molar-refractivity contribution in [2.45, 2.75) is 83.8 Å². The van der Waals surface area contributed by atoms with Crippen LogP contribution in [-0.2, 0) is 8.85 Å². The summed E-state index contributed by atoms with van der Waals surface area (Å²) in [5, 5.41) is 0. The molecule has 0 amide bonds. The lowest BCUT2D eigenvalue weighted by molar-refractivity contribution is -0.0139. The molecule has 0 N–H and O–H groups in total. The molecule has 0 aliphatic carbocycles. The van der Waals surface area contributed by atoms with E-state index >= 15 is 0 Å². The second kappa shape index (κ2) is 8.68. The Morgan fingerprint density at radius 2 is 1.39 bits per heavy atom. The maximum Gasteiger partial charge on any atom is 0.187 e. The van der Waals surface area contributed by atoms with E-state index in [9.17, 15) is 0 Å². The van der Waals surface area contributed by atoms with E-state index in [4.69, 9.17) is 8.85 Å². The first kappa shape index (κ1) is 18.6. The molecular weight excluding hydrogens is 272 g/mol. The first-order chi connectivity index (χ1) is 8.14. The van der Waals surface area contributed by atoms with E-state index in [1.165, 1.54) is 24.9 Å². The second-order valence-corrected chi connectivity index (χ2v) is 18.1. The fourth-order valence-corrected chi connectivity index (χ4v) is 5.35. The van der Waals surface area contributed by atoms with Crippen LogP contribution < -0.4 is 0 Å². The summed E-state index contributed by atoms with van der Waals surface area (Å²) in [5.74, 6) is 0. The Labute approximate surface area is 119 Å². The minimum absolute atomic E-state index is 0.0685. The maximum absolute atomic E-state index is 6.19. The Morgan fingerprint density at radius 1 is 0.889 bits per heavy atom. The summed E-state index contributed by atoms with van der Waals surface area (Å²) in [5.41, 5.74) is 0. The zero-order valence-corrected chi connectivity index (χ0v) is 17.1. The molecule has 0 aromatic rings. The van der Waals surface area contributed by atoms with Gasteiger partial charge in [-0.15, -0.1) is 0 Å². The molecule has 0 bridgehead atoms. The van der Waals surface area contributed by atoms with Crippen molar-refractivity contribution in [1.29, 1.82) is 0 Å².